The number of ether oxygens (including phenoxy) is 1. The molecule has 8 heteroatoms. The van der Waals surface area contributed by atoms with Gasteiger partial charge in [-0.2, -0.15) is 13.2 Å². The summed E-state index contributed by atoms with van der Waals surface area (Å²) in [6.07, 6.45) is -4.51. The Morgan fingerprint density at radius 1 is 1.18 bits per heavy atom. The molecule has 3 nitrogen and oxygen atoms in total. The maximum atomic E-state index is 13.5. The minimum atomic E-state index is -4.51. The van der Waals surface area contributed by atoms with Gasteiger partial charge in [0.2, 0.25) is 0 Å². The molecular weight excluding hydrogens is 457 g/mol. The Balaban J connectivity index is 2.15. The molecule has 0 spiro atoms. The Labute approximate surface area is 175 Å². The van der Waals surface area contributed by atoms with Gasteiger partial charge < -0.3 is 10.1 Å². The lowest BCUT2D eigenvalue weighted by Gasteiger charge is -2.36. The van der Waals surface area contributed by atoms with Crippen LogP contribution in [-0.4, -0.2) is 37.7 Å². The van der Waals surface area contributed by atoms with Gasteiger partial charge in [-0.15, -0.1) is 0 Å². The van der Waals surface area contributed by atoms with Crippen LogP contribution in [-0.2, 0) is 6.18 Å². The highest BCUT2D eigenvalue weighted by Gasteiger charge is 2.35. The van der Waals surface area contributed by atoms with Crippen molar-refractivity contribution in [2.24, 2.45) is 0 Å². The minimum absolute atomic E-state index is 0.297. The fraction of sp³-hybridized carbons (Fsp3) is 0.400. The third kappa shape index (κ3) is 4.82. The molecule has 1 N–H and O–H groups in total. The predicted molar refractivity (Wildman–Crippen MR) is 108 cm³/mol. The first-order valence-corrected chi connectivity index (χ1v) is 10.2. The molecule has 1 atom stereocenters. The van der Waals surface area contributed by atoms with Crippen molar-refractivity contribution in [3.05, 3.63) is 62.6 Å². The molecule has 0 aliphatic carbocycles. The van der Waals surface area contributed by atoms with Crippen LogP contribution in [0.25, 0.3) is 0 Å². The fourth-order valence-electron chi connectivity index (χ4n) is 3.48. The highest BCUT2D eigenvalue weighted by Crippen LogP contribution is 2.41. The first-order valence-electron chi connectivity index (χ1n) is 9.05. The Bertz CT molecular complexity index is 826. The van der Waals surface area contributed by atoms with Crippen molar-refractivity contribution in [2.45, 2.75) is 19.1 Å². The second-order valence-electron chi connectivity index (χ2n) is 6.54. The molecule has 0 amide bonds. The second kappa shape index (κ2) is 9.03. The quantitative estimate of drug-likeness (QED) is 0.614. The van der Waals surface area contributed by atoms with Crippen molar-refractivity contribution in [3.8, 4) is 5.75 Å². The third-order valence-corrected chi connectivity index (χ3v) is 5.52. The lowest BCUT2D eigenvalue weighted by atomic mass is 9.94. The molecule has 0 radical (unpaired) electrons. The van der Waals surface area contributed by atoms with Gasteiger partial charge in [-0.1, -0.05) is 33.6 Å². The van der Waals surface area contributed by atoms with Crippen LogP contribution in [0, 0.1) is 0 Å². The van der Waals surface area contributed by atoms with Crippen LogP contribution >= 0.6 is 27.5 Å². The molecule has 1 heterocycles. The summed E-state index contributed by atoms with van der Waals surface area (Å²) < 4.78 is 47.0. The van der Waals surface area contributed by atoms with Gasteiger partial charge in [0, 0.05) is 36.2 Å². The van der Waals surface area contributed by atoms with E-state index in [0.29, 0.717) is 31.0 Å². The zero-order chi connectivity index (χ0) is 20.3. The Hall–Kier alpha value is -1.28. The van der Waals surface area contributed by atoms with Gasteiger partial charge in [-0.3, -0.25) is 4.90 Å². The number of benzene rings is 2. The van der Waals surface area contributed by atoms with E-state index >= 15 is 0 Å². The molecular formula is C20H21BrClF3N2O. The Morgan fingerprint density at radius 3 is 2.54 bits per heavy atom. The van der Waals surface area contributed by atoms with E-state index in [1.165, 1.54) is 6.07 Å². The van der Waals surface area contributed by atoms with Crippen LogP contribution in [0.3, 0.4) is 0 Å². The molecule has 0 saturated carbocycles. The van der Waals surface area contributed by atoms with Crippen LogP contribution in [0.1, 0.15) is 29.7 Å². The lowest BCUT2D eigenvalue weighted by molar-refractivity contribution is -0.137. The number of hydrogen-bond acceptors (Lipinski definition) is 3. The molecule has 1 unspecified atom stereocenters. The van der Waals surface area contributed by atoms with Gasteiger partial charge in [0.05, 0.1) is 23.2 Å². The van der Waals surface area contributed by atoms with E-state index < -0.39 is 11.7 Å². The molecule has 0 aromatic heterocycles. The zero-order valence-corrected chi connectivity index (χ0v) is 17.7. The summed E-state index contributed by atoms with van der Waals surface area (Å²) in [4.78, 5) is 2.17. The van der Waals surface area contributed by atoms with Gasteiger partial charge in [0.1, 0.15) is 5.75 Å². The first kappa shape index (κ1) is 21.4. The Kier molecular flexibility index (Phi) is 6.91. The van der Waals surface area contributed by atoms with E-state index in [9.17, 15) is 13.2 Å². The number of halogens is 5. The highest BCUT2D eigenvalue weighted by atomic mass is 79.9. The van der Waals surface area contributed by atoms with Crippen molar-refractivity contribution >= 4 is 27.5 Å². The maximum absolute atomic E-state index is 13.5. The topological polar surface area (TPSA) is 24.5 Å². The number of piperazine rings is 1. The van der Waals surface area contributed by atoms with Gasteiger partial charge in [-0.05, 0) is 42.8 Å². The number of nitrogens with one attached hydrogen (secondary N) is 1. The summed E-state index contributed by atoms with van der Waals surface area (Å²) in [6, 6.07) is 9.41. The molecule has 28 heavy (non-hydrogen) atoms. The van der Waals surface area contributed by atoms with Crippen LogP contribution in [0.2, 0.25) is 5.02 Å². The predicted octanol–water partition coefficient (Wildman–Crippen LogP) is 5.51. The first-order chi connectivity index (χ1) is 13.3. The van der Waals surface area contributed by atoms with E-state index in [2.05, 4.69) is 26.1 Å². The largest absolute Gasteiger partial charge is 0.494 e. The van der Waals surface area contributed by atoms with Crippen LogP contribution in [0.15, 0.2) is 40.9 Å². The van der Waals surface area contributed by atoms with E-state index in [-0.39, 0.29) is 11.1 Å². The average molecular weight is 478 g/mol. The average Bonchev–Trinajstić information content (AvgIpc) is 2.65. The van der Waals surface area contributed by atoms with Gasteiger partial charge in [0.25, 0.3) is 0 Å². The van der Waals surface area contributed by atoms with Crippen molar-refractivity contribution < 1.29 is 17.9 Å². The van der Waals surface area contributed by atoms with Crippen molar-refractivity contribution in [2.75, 3.05) is 32.8 Å². The summed E-state index contributed by atoms with van der Waals surface area (Å²) in [5.41, 5.74) is 0.547. The number of nitrogens with zero attached hydrogens (tertiary/aromatic N) is 1. The van der Waals surface area contributed by atoms with E-state index in [1.807, 2.05) is 25.1 Å². The normalized spacial score (nSPS) is 16.8. The van der Waals surface area contributed by atoms with Crippen LogP contribution in [0.4, 0.5) is 13.2 Å². The maximum Gasteiger partial charge on any atom is 0.417 e. The fourth-order valence-corrected chi connectivity index (χ4v) is 4.08. The zero-order valence-electron chi connectivity index (χ0n) is 15.3. The van der Waals surface area contributed by atoms with Crippen molar-refractivity contribution in [3.63, 3.8) is 0 Å². The van der Waals surface area contributed by atoms with E-state index in [4.69, 9.17) is 16.3 Å². The minimum Gasteiger partial charge on any atom is -0.494 e. The molecule has 1 saturated heterocycles. The highest BCUT2D eigenvalue weighted by molar-refractivity contribution is 9.10. The number of hydrogen-bond donors (Lipinski definition) is 1. The van der Waals surface area contributed by atoms with Crippen molar-refractivity contribution in [1.29, 1.82) is 0 Å². The standard InChI is InChI=1S/C20H21BrClF3N2O/c1-2-28-18-6-4-14(21)12-15(18)19(27-9-7-26-8-10-27)13-3-5-17(22)16(11-13)20(23,24)25/h3-6,11-12,19,26H,2,7-10H2,1H3. The molecule has 152 valence electrons. The molecule has 2 aromatic carbocycles. The number of alkyl halides is 3. The van der Waals surface area contributed by atoms with Gasteiger partial charge >= 0.3 is 6.18 Å². The van der Waals surface area contributed by atoms with E-state index in [1.54, 1.807) is 6.07 Å². The molecule has 1 aliphatic heterocycles. The molecule has 0 bridgehead atoms. The SMILES string of the molecule is CCOc1ccc(Br)cc1C(c1ccc(Cl)c(C(F)(F)F)c1)N1CCNCC1. The molecule has 3 rings (SSSR count). The summed E-state index contributed by atoms with van der Waals surface area (Å²) in [5, 5.41) is 2.99. The molecule has 1 fully saturated rings. The smallest absolute Gasteiger partial charge is 0.417 e. The van der Waals surface area contributed by atoms with Crippen LogP contribution < -0.4 is 10.1 Å². The summed E-state index contributed by atoms with van der Waals surface area (Å²) >= 11 is 9.33. The Morgan fingerprint density at radius 2 is 1.89 bits per heavy atom. The summed E-state index contributed by atoms with van der Waals surface area (Å²) in [5.74, 6) is 0.665. The number of rotatable bonds is 5. The second-order valence-corrected chi connectivity index (χ2v) is 7.86. The molecule has 1 aliphatic rings. The van der Waals surface area contributed by atoms with E-state index in [0.717, 1.165) is 29.2 Å². The van der Waals surface area contributed by atoms with Crippen LogP contribution in [0.5, 0.6) is 5.75 Å². The summed E-state index contributed by atoms with van der Waals surface area (Å²) in [6.45, 7) is 5.33. The summed E-state index contributed by atoms with van der Waals surface area (Å²) in [7, 11) is 0. The third-order valence-electron chi connectivity index (χ3n) is 4.69. The monoisotopic (exact) mass is 476 g/mol. The van der Waals surface area contributed by atoms with Gasteiger partial charge in [0.15, 0.2) is 0 Å². The lowest BCUT2D eigenvalue weighted by Crippen LogP contribution is -2.45. The van der Waals surface area contributed by atoms with Gasteiger partial charge in [-0.25, -0.2) is 0 Å². The van der Waals surface area contributed by atoms with Crippen molar-refractivity contribution in [1.82, 2.24) is 10.2 Å². The molecule has 2 aromatic rings.